The van der Waals surface area contributed by atoms with Gasteiger partial charge in [-0.05, 0) is 36.5 Å². The summed E-state index contributed by atoms with van der Waals surface area (Å²) in [7, 11) is 3.21. The first-order valence-electron chi connectivity index (χ1n) is 8.31. The quantitative estimate of drug-likeness (QED) is 0.566. The molecule has 5 nitrogen and oxygen atoms in total. The van der Waals surface area contributed by atoms with E-state index >= 15 is 0 Å². The van der Waals surface area contributed by atoms with Crippen LogP contribution in [0.5, 0.6) is 23.0 Å². The van der Waals surface area contributed by atoms with Gasteiger partial charge >= 0.3 is 0 Å². The first kappa shape index (κ1) is 18.5. The van der Waals surface area contributed by atoms with Gasteiger partial charge in [-0.15, -0.1) is 0 Å². The van der Waals surface area contributed by atoms with E-state index < -0.39 is 0 Å². The molecule has 0 bridgehead atoms. The summed E-state index contributed by atoms with van der Waals surface area (Å²) in [6.45, 7) is 0. The summed E-state index contributed by atoms with van der Waals surface area (Å²) < 4.78 is 16.5. The van der Waals surface area contributed by atoms with Gasteiger partial charge in [0.15, 0.2) is 10.9 Å². The summed E-state index contributed by atoms with van der Waals surface area (Å²) in [4.78, 5) is 0. The smallest absolute Gasteiger partial charge is 0.175 e. The number of ether oxygens (including phenoxy) is 3. The molecule has 0 aliphatic rings. The minimum absolute atomic E-state index is 0.425. The van der Waals surface area contributed by atoms with Gasteiger partial charge in [-0.3, -0.25) is 0 Å². The number of nitrogens with one attached hydrogen (secondary N) is 2. The van der Waals surface area contributed by atoms with Crippen LogP contribution in [0.4, 0.5) is 11.4 Å². The van der Waals surface area contributed by atoms with Crippen molar-refractivity contribution in [1.82, 2.24) is 0 Å². The van der Waals surface area contributed by atoms with Crippen LogP contribution in [0.2, 0.25) is 0 Å². The predicted octanol–water partition coefficient (Wildman–Crippen LogP) is 5.31. The molecule has 2 N–H and O–H groups in total. The lowest BCUT2D eigenvalue weighted by Crippen LogP contribution is -2.19. The maximum atomic E-state index is 5.94. The minimum Gasteiger partial charge on any atom is -0.497 e. The van der Waals surface area contributed by atoms with Crippen molar-refractivity contribution in [3.8, 4) is 23.0 Å². The van der Waals surface area contributed by atoms with Crippen LogP contribution in [0.15, 0.2) is 72.8 Å². The van der Waals surface area contributed by atoms with Gasteiger partial charge in [0.2, 0.25) is 0 Å². The standard InChI is InChI=1S/C21H20N2O3S/c1-24-17-12-15(13-18(14-17)25-2)22-21(27)23-19-10-6-7-11-20(19)26-16-8-4-3-5-9-16/h3-14H,1-2H3,(H2,22,23,27). The zero-order valence-electron chi connectivity index (χ0n) is 15.1. The number of para-hydroxylation sites is 3. The maximum Gasteiger partial charge on any atom is 0.175 e. The molecule has 27 heavy (non-hydrogen) atoms. The minimum atomic E-state index is 0.425. The highest BCUT2D eigenvalue weighted by Gasteiger charge is 2.08. The Kier molecular flexibility index (Phi) is 6.12. The van der Waals surface area contributed by atoms with Gasteiger partial charge in [0, 0.05) is 23.9 Å². The van der Waals surface area contributed by atoms with E-state index in [1.54, 1.807) is 20.3 Å². The number of rotatable bonds is 6. The Bertz CT molecular complexity index is 894. The third-order valence-corrected chi connectivity index (χ3v) is 3.92. The highest BCUT2D eigenvalue weighted by Crippen LogP contribution is 2.30. The van der Waals surface area contributed by atoms with Crippen molar-refractivity contribution >= 4 is 28.7 Å². The van der Waals surface area contributed by atoms with Crippen LogP contribution in [0.25, 0.3) is 0 Å². The maximum absolute atomic E-state index is 5.94. The number of anilines is 2. The van der Waals surface area contributed by atoms with Crippen molar-refractivity contribution in [3.63, 3.8) is 0 Å². The van der Waals surface area contributed by atoms with Gasteiger partial charge in [-0.2, -0.15) is 0 Å². The lowest BCUT2D eigenvalue weighted by atomic mass is 10.2. The molecular formula is C21H20N2O3S. The molecule has 0 atom stereocenters. The fraction of sp³-hybridized carbons (Fsp3) is 0.0952. The van der Waals surface area contributed by atoms with Gasteiger partial charge in [-0.25, -0.2) is 0 Å². The predicted molar refractivity (Wildman–Crippen MR) is 112 cm³/mol. The molecule has 0 aliphatic carbocycles. The Morgan fingerprint density at radius 1 is 0.741 bits per heavy atom. The Labute approximate surface area is 163 Å². The second kappa shape index (κ2) is 8.91. The molecule has 0 aliphatic heterocycles. The van der Waals surface area contributed by atoms with Crippen LogP contribution in [-0.4, -0.2) is 19.3 Å². The van der Waals surface area contributed by atoms with Crippen LogP contribution in [0.1, 0.15) is 0 Å². The average Bonchev–Trinajstić information content (AvgIpc) is 2.70. The number of hydrogen-bond donors (Lipinski definition) is 2. The van der Waals surface area contributed by atoms with Crippen molar-refractivity contribution in [2.45, 2.75) is 0 Å². The molecule has 3 aromatic carbocycles. The largest absolute Gasteiger partial charge is 0.497 e. The van der Waals surface area contributed by atoms with E-state index in [0.717, 1.165) is 17.1 Å². The third-order valence-electron chi connectivity index (χ3n) is 3.72. The van der Waals surface area contributed by atoms with Crippen molar-refractivity contribution in [2.24, 2.45) is 0 Å². The normalized spacial score (nSPS) is 10.0. The molecule has 0 amide bonds. The van der Waals surface area contributed by atoms with Crippen molar-refractivity contribution in [1.29, 1.82) is 0 Å². The van der Waals surface area contributed by atoms with E-state index in [4.69, 9.17) is 26.4 Å². The molecule has 0 spiro atoms. The van der Waals surface area contributed by atoms with Crippen LogP contribution >= 0.6 is 12.2 Å². The third kappa shape index (κ3) is 5.12. The number of hydrogen-bond acceptors (Lipinski definition) is 4. The van der Waals surface area contributed by atoms with E-state index in [9.17, 15) is 0 Å². The van der Waals surface area contributed by atoms with E-state index in [1.165, 1.54) is 0 Å². The molecule has 0 heterocycles. The van der Waals surface area contributed by atoms with Crippen LogP contribution in [-0.2, 0) is 0 Å². The van der Waals surface area contributed by atoms with Gasteiger partial charge in [0.25, 0.3) is 0 Å². The Morgan fingerprint density at radius 2 is 1.37 bits per heavy atom. The molecule has 0 aromatic heterocycles. The summed E-state index contributed by atoms with van der Waals surface area (Å²) in [5.74, 6) is 2.78. The first-order valence-corrected chi connectivity index (χ1v) is 8.72. The van der Waals surface area contributed by atoms with E-state index in [-0.39, 0.29) is 0 Å². The van der Waals surface area contributed by atoms with Crippen molar-refractivity contribution < 1.29 is 14.2 Å². The second-order valence-corrected chi connectivity index (χ2v) is 6.00. The molecule has 0 unspecified atom stereocenters. The van der Waals surface area contributed by atoms with E-state index in [0.29, 0.717) is 22.4 Å². The van der Waals surface area contributed by atoms with Crippen LogP contribution in [0, 0.1) is 0 Å². The van der Waals surface area contributed by atoms with Crippen molar-refractivity contribution in [3.05, 3.63) is 72.8 Å². The van der Waals surface area contributed by atoms with E-state index in [2.05, 4.69) is 10.6 Å². The highest BCUT2D eigenvalue weighted by atomic mass is 32.1. The Balaban J connectivity index is 1.73. The molecular weight excluding hydrogens is 360 g/mol. The van der Waals surface area contributed by atoms with Gasteiger partial charge < -0.3 is 24.8 Å². The zero-order chi connectivity index (χ0) is 19.1. The molecule has 6 heteroatoms. The zero-order valence-corrected chi connectivity index (χ0v) is 15.9. The lowest BCUT2D eigenvalue weighted by Gasteiger charge is -2.15. The number of methoxy groups -OCH3 is 2. The Morgan fingerprint density at radius 3 is 2.04 bits per heavy atom. The first-order chi connectivity index (χ1) is 13.2. The molecule has 0 saturated heterocycles. The molecule has 138 valence electrons. The van der Waals surface area contributed by atoms with Crippen molar-refractivity contribution in [2.75, 3.05) is 24.9 Å². The molecule has 3 rings (SSSR count). The SMILES string of the molecule is COc1cc(NC(=S)Nc2ccccc2Oc2ccccc2)cc(OC)c1. The number of thiocarbonyl (C=S) groups is 1. The topological polar surface area (TPSA) is 51.8 Å². The fourth-order valence-electron chi connectivity index (χ4n) is 2.44. The van der Waals surface area contributed by atoms with Gasteiger partial charge in [0.1, 0.15) is 17.2 Å². The van der Waals surface area contributed by atoms with Gasteiger partial charge in [0.05, 0.1) is 19.9 Å². The highest BCUT2D eigenvalue weighted by molar-refractivity contribution is 7.80. The monoisotopic (exact) mass is 380 g/mol. The van der Waals surface area contributed by atoms with Crippen LogP contribution in [0.3, 0.4) is 0 Å². The fourth-order valence-corrected chi connectivity index (χ4v) is 2.67. The molecule has 0 radical (unpaired) electrons. The average molecular weight is 380 g/mol. The summed E-state index contributed by atoms with van der Waals surface area (Å²) in [5.41, 5.74) is 1.51. The summed E-state index contributed by atoms with van der Waals surface area (Å²) in [5, 5.41) is 6.73. The Hall–Kier alpha value is -3.25. The summed E-state index contributed by atoms with van der Waals surface area (Å²) in [6.07, 6.45) is 0. The number of benzene rings is 3. The summed E-state index contributed by atoms with van der Waals surface area (Å²) in [6, 6.07) is 22.7. The molecule has 0 saturated carbocycles. The summed E-state index contributed by atoms with van der Waals surface area (Å²) >= 11 is 5.44. The second-order valence-electron chi connectivity index (χ2n) is 5.59. The van der Waals surface area contributed by atoms with Crippen LogP contribution < -0.4 is 24.8 Å². The molecule has 0 fully saturated rings. The lowest BCUT2D eigenvalue weighted by molar-refractivity contribution is 0.395. The van der Waals surface area contributed by atoms with E-state index in [1.807, 2.05) is 66.7 Å². The molecule has 3 aromatic rings. The van der Waals surface area contributed by atoms with Gasteiger partial charge in [-0.1, -0.05) is 30.3 Å².